The highest BCUT2D eigenvalue weighted by Gasteiger charge is 2.38. The molecule has 1 aliphatic rings. The van der Waals surface area contributed by atoms with E-state index in [4.69, 9.17) is 5.73 Å². The van der Waals surface area contributed by atoms with Crippen LogP contribution in [0, 0.1) is 6.92 Å². The molecule has 5 nitrogen and oxygen atoms in total. The van der Waals surface area contributed by atoms with Crippen LogP contribution in [0.25, 0.3) is 0 Å². The van der Waals surface area contributed by atoms with Crippen LogP contribution in [-0.2, 0) is 14.8 Å². The monoisotopic (exact) mass is 346 g/mol. The van der Waals surface area contributed by atoms with Crippen molar-refractivity contribution >= 4 is 31.9 Å². The van der Waals surface area contributed by atoms with Gasteiger partial charge in [-0.1, -0.05) is 15.9 Å². The average Bonchev–Trinajstić information content (AvgIpc) is 2.76. The molecule has 1 aromatic rings. The number of carbonyl (C=O) groups excluding carboxylic acids is 1. The predicted octanol–water partition coefficient (Wildman–Crippen LogP) is 1.40. The molecule has 1 aliphatic heterocycles. The molecule has 2 N–H and O–H groups in total. The van der Waals surface area contributed by atoms with Crippen LogP contribution in [0.3, 0.4) is 0 Å². The highest BCUT2D eigenvalue weighted by Crippen LogP contribution is 2.28. The quantitative estimate of drug-likeness (QED) is 0.897. The van der Waals surface area contributed by atoms with Crippen molar-refractivity contribution in [3.63, 3.8) is 0 Å². The lowest BCUT2D eigenvalue weighted by Crippen LogP contribution is -2.43. The fourth-order valence-electron chi connectivity index (χ4n) is 2.30. The van der Waals surface area contributed by atoms with E-state index in [1.165, 1.54) is 4.31 Å². The molecule has 0 aliphatic carbocycles. The summed E-state index contributed by atoms with van der Waals surface area (Å²) in [5.41, 5.74) is 6.10. The summed E-state index contributed by atoms with van der Waals surface area (Å²) in [4.78, 5) is 11.5. The highest BCUT2D eigenvalue weighted by molar-refractivity contribution is 9.10. The van der Waals surface area contributed by atoms with Gasteiger partial charge in [0.15, 0.2) is 0 Å². The van der Waals surface area contributed by atoms with Gasteiger partial charge in [-0.05, 0) is 43.5 Å². The van der Waals surface area contributed by atoms with E-state index in [9.17, 15) is 13.2 Å². The molecule has 1 heterocycles. The molecule has 1 saturated heterocycles. The summed E-state index contributed by atoms with van der Waals surface area (Å²) in [7, 11) is -3.68. The number of hydrogen-bond donors (Lipinski definition) is 1. The van der Waals surface area contributed by atoms with Crippen molar-refractivity contribution in [1.82, 2.24) is 4.31 Å². The zero-order chi connectivity index (χ0) is 14.2. The van der Waals surface area contributed by atoms with Crippen LogP contribution in [0.4, 0.5) is 0 Å². The number of amides is 1. The predicted molar refractivity (Wildman–Crippen MR) is 75.0 cm³/mol. The molecule has 0 spiro atoms. The largest absolute Gasteiger partial charge is 0.368 e. The number of benzene rings is 1. The highest BCUT2D eigenvalue weighted by atomic mass is 79.9. The Morgan fingerprint density at radius 3 is 2.68 bits per heavy atom. The van der Waals surface area contributed by atoms with Gasteiger partial charge in [0.05, 0.1) is 4.90 Å². The first-order chi connectivity index (χ1) is 8.82. The Kier molecular flexibility index (Phi) is 3.98. The smallest absolute Gasteiger partial charge is 0.243 e. The molecular weight excluding hydrogens is 332 g/mol. The number of nitrogens with two attached hydrogens (primary N) is 1. The average molecular weight is 347 g/mol. The van der Waals surface area contributed by atoms with Crippen molar-refractivity contribution in [3.05, 3.63) is 28.2 Å². The van der Waals surface area contributed by atoms with Crippen LogP contribution in [0.15, 0.2) is 27.6 Å². The third-order valence-corrected chi connectivity index (χ3v) is 5.50. The lowest BCUT2D eigenvalue weighted by atomic mass is 10.2. The van der Waals surface area contributed by atoms with E-state index >= 15 is 0 Å². The maximum absolute atomic E-state index is 12.6. The van der Waals surface area contributed by atoms with Crippen molar-refractivity contribution < 1.29 is 13.2 Å². The molecule has 0 saturated carbocycles. The van der Waals surface area contributed by atoms with Crippen LogP contribution in [-0.4, -0.2) is 31.2 Å². The van der Waals surface area contributed by atoms with Crippen LogP contribution in [0.5, 0.6) is 0 Å². The van der Waals surface area contributed by atoms with Crippen molar-refractivity contribution in [2.45, 2.75) is 30.7 Å². The topological polar surface area (TPSA) is 80.5 Å². The van der Waals surface area contributed by atoms with E-state index in [0.717, 1.165) is 5.56 Å². The van der Waals surface area contributed by atoms with Crippen molar-refractivity contribution in [2.75, 3.05) is 6.54 Å². The zero-order valence-electron chi connectivity index (χ0n) is 10.5. The fraction of sp³-hybridized carbons (Fsp3) is 0.417. The number of primary amides is 1. The van der Waals surface area contributed by atoms with Gasteiger partial charge >= 0.3 is 0 Å². The summed E-state index contributed by atoms with van der Waals surface area (Å²) in [5.74, 6) is -0.590. The summed E-state index contributed by atoms with van der Waals surface area (Å²) in [6.45, 7) is 2.15. The van der Waals surface area contributed by atoms with Crippen LogP contribution >= 0.6 is 15.9 Å². The second-order valence-corrected chi connectivity index (χ2v) is 7.45. The zero-order valence-corrected chi connectivity index (χ0v) is 12.9. The molecule has 104 valence electrons. The minimum Gasteiger partial charge on any atom is -0.368 e. The molecule has 19 heavy (non-hydrogen) atoms. The summed E-state index contributed by atoms with van der Waals surface area (Å²) in [6.07, 6.45) is 1.14. The number of carbonyl (C=O) groups is 1. The van der Waals surface area contributed by atoms with Gasteiger partial charge in [0, 0.05) is 11.0 Å². The standard InChI is InChI=1S/C12H15BrN2O3S/c1-8-5-9(13)7-10(6-8)19(17,18)15-4-2-3-11(15)12(14)16/h5-7,11H,2-4H2,1H3,(H2,14,16)/t11-/m1/s1. The van der Waals surface area contributed by atoms with Crippen LogP contribution < -0.4 is 5.73 Å². The summed E-state index contributed by atoms with van der Waals surface area (Å²) < 4.78 is 27.0. The first-order valence-electron chi connectivity index (χ1n) is 5.91. The second-order valence-electron chi connectivity index (χ2n) is 4.64. The summed E-state index contributed by atoms with van der Waals surface area (Å²) in [6, 6.07) is 4.23. The molecule has 7 heteroatoms. The Morgan fingerprint density at radius 2 is 2.11 bits per heavy atom. The lowest BCUT2D eigenvalue weighted by molar-refractivity contribution is -0.121. The molecule has 1 atom stereocenters. The molecule has 1 aromatic carbocycles. The first kappa shape index (κ1) is 14.5. The second kappa shape index (κ2) is 5.22. The van der Waals surface area contributed by atoms with Gasteiger partial charge < -0.3 is 5.73 Å². The van der Waals surface area contributed by atoms with E-state index in [2.05, 4.69) is 15.9 Å². The number of aryl methyl sites for hydroxylation is 1. The Balaban J connectivity index is 2.44. The SMILES string of the molecule is Cc1cc(Br)cc(S(=O)(=O)N2CCC[C@@H]2C(N)=O)c1. The van der Waals surface area contributed by atoms with E-state index in [-0.39, 0.29) is 4.90 Å². The minimum atomic E-state index is -3.68. The Bertz CT molecular complexity index is 595. The van der Waals surface area contributed by atoms with Crippen molar-refractivity contribution in [1.29, 1.82) is 0 Å². The molecule has 0 bridgehead atoms. The lowest BCUT2D eigenvalue weighted by Gasteiger charge is -2.22. The normalized spacial score (nSPS) is 20.6. The van der Waals surface area contributed by atoms with Gasteiger partial charge in [0.1, 0.15) is 6.04 Å². The Labute approximate surface area is 121 Å². The van der Waals surface area contributed by atoms with E-state index < -0.39 is 22.0 Å². The minimum absolute atomic E-state index is 0.188. The van der Waals surface area contributed by atoms with E-state index in [0.29, 0.717) is 23.9 Å². The number of hydrogen-bond acceptors (Lipinski definition) is 3. The fourth-order valence-corrected chi connectivity index (χ4v) is 4.85. The third kappa shape index (κ3) is 2.82. The van der Waals surface area contributed by atoms with Gasteiger partial charge in [0.2, 0.25) is 15.9 Å². The summed E-state index contributed by atoms with van der Waals surface area (Å²) in [5, 5.41) is 0. The Hall–Kier alpha value is -0.920. The first-order valence-corrected chi connectivity index (χ1v) is 8.14. The molecule has 0 unspecified atom stereocenters. The van der Waals surface area contributed by atoms with Crippen LogP contribution in [0.2, 0.25) is 0 Å². The third-order valence-electron chi connectivity index (χ3n) is 3.15. The molecule has 2 rings (SSSR count). The Morgan fingerprint density at radius 1 is 1.42 bits per heavy atom. The van der Waals surface area contributed by atoms with Gasteiger partial charge in [-0.15, -0.1) is 0 Å². The van der Waals surface area contributed by atoms with Crippen LogP contribution in [0.1, 0.15) is 18.4 Å². The molecule has 0 aromatic heterocycles. The van der Waals surface area contributed by atoms with E-state index in [1.807, 2.05) is 13.0 Å². The van der Waals surface area contributed by atoms with Gasteiger partial charge in [-0.2, -0.15) is 4.31 Å². The summed E-state index contributed by atoms with van der Waals surface area (Å²) >= 11 is 3.28. The molecule has 1 amide bonds. The number of nitrogens with zero attached hydrogens (tertiary/aromatic N) is 1. The van der Waals surface area contributed by atoms with E-state index in [1.54, 1.807) is 12.1 Å². The van der Waals surface area contributed by atoms with Crippen molar-refractivity contribution in [2.24, 2.45) is 5.73 Å². The molecular formula is C12H15BrN2O3S. The van der Waals surface area contributed by atoms with Gasteiger partial charge in [0.25, 0.3) is 0 Å². The number of sulfonamides is 1. The maximum atomic E-state index is 12.6. The van der Waals surface area contributed by atoms with Gasteiger partial charge in [-0.25, -0.2) is 8.42 Å². The molecule has 1 fully saturated rings. The molecule has 0 radical (unpaired) electrons. The number of halogens is 1. The maximum Gasteiger partial charge on any atom is 0.243 e. The van der Waals surface area contributed by atoms with Gasteiger partial charge in [-0.3, -0.25) is 4.79 Å². The number of rotatable bonds is 3. The van der Waals surface area contributed by atoms with Crippen molar-refractivity contribution in [3.8, 4) is 0 Å².